The maximum Gasteiger partial charge on any atom is 0.408 e. The minimum Gasteiger partial charge on any atom is -0.508 e. The van der Waals surface area contributed by atoms with E-state index in [-0.39, 0.29) is 29.5 Å². The molecule has 3 N–H and O–H groups in total. The van der Waals surface area contributed by atoms with E-state index in [1.54, 1.807) is 37.8 Å². The highest BCUT2D eigenvalue weighted by Crippen LogP contribution is 2.32. The molecule has 0 aliphatic carbocycles. The number of amides is 3. The van der Waals surface area contributed by atoms with E-state index in [0.29, 0.717) is 30.0 Å². The quantitative estimate of drug-likeness (QED) is 0.244. The van der Waals surface area contributed by atoms with Gasteiger partial charge in [0.05, 0.1) is 0 Å². The van der Waals surface area contributed by atoms with Crippen LogP contribution < -0.4 is 10.6 Å². The van der Waals surface area contributed by atoms with E-state index in [1.165, 1.54) is 12.1 Å². The largest absolute Gasteiger partial charge is 0.508 e. The molecule has 0 fully saturated rings. The Labute approximate surface area is 252 Å². The fraction of sp³-hybridized carbons (Fsp3) is 0.559. The lowest BCUT2D eigenvalue weighted by molar-refractivity contribution is -0.144. The number of hydrogen-bond acceptors (Lipinski definition) is 5. The van der Waals surface area contributed by atoms with Crippen LogP contribution in [0.3, 0.4) is 0 Å². The van der Waals surface area contributed by atoms with Gasteiger partial charge in [-0.3, -0.25) is 9.59 Å². The van der Waals surface area contributed by atoms with Gasteiger partial charge >= 0.3 is 6.09 Å². The second kappa shape index (κ2) is 15.1. The molecule has 4 atom stereocenters. The summed E-state index contributed by atoms with van der Waals surface area (Å²) >= 11 is 0. The van der Waals surface area contributed by atoms with Crippen LogP contribution in [0.2, 0.25) is 0 Å². The molecule has 3 amide bonds. The summed E-state index contributed by atoms with van der Waals surface area (Å²) in [5.41, 5.74) is 2.32. The van der Waals surface area contributed by atoms with Crippen molar-refractivity contribution in [2.45, 2.75) is 112 Å². The Morgan fingerprint density at radius 3 is 2.00 bits per heavy atom. The lowest BCUT2D eigenvalue weighted by atomic mass is 9.93. The van der Waals surface area contributed by atoms with Gasteiger partial charge in [0, 0.05) is 11.7 Å². The van der Waals surface area contributed by atoms with E-state index < -0.39 is 23.8 Å². The lowest BCUT2D eigenvalue weighted by Crippen LogP contribution is -2.57. The molecule has 0 saturated heterocycles. The van der Waals surface area contributed by atoms with E-state index in [1.807, 2.05) is 52.8 Å². The number of phenols is 1. The van der Waals surface area contributed by atoms with Gasteiger partial charge in [-0.25, -0.2) is 4.79 Å². The number of aromatic hydroxyl groups is 1. The number of hydrogen-bond donors (Lipinski definition) is 3. The summed E-state index contributed by atoms with van der Waals surface area (Å²) in [6, 6.07) is 9.87. The molecule has 2 aromatic carbocycles. The Hall–Kier alpha value is -3.55. The Balaban J connectivity index is 2.68. The van der Waals surface area contributed by atoms with Gasteiger partial charge in [-0.15, -0.1) is 0 Å². The monoisotopic (exact) mass is 581 g/mol. The molecular formula is C34H51N3O5. The number of aryl methyl sites for hydroxylation is 2. The number of nitrogens with zero attached hydrogens (tertiary/aromatic N) is 1. The van der Waals surface area contributed by atoms with Crippen molar-refractivity contribution in [1.29, 1.82) is 0 Å². The van der Waals surface area contributed by atoms with Crippen molar-refractivity contribution in [1.82, 2.24) is 10.2 Å². The van der Waals surface area contributed by atoms with Crippen LogP contribution in [0.1, 0.15) is 97.4 Å². The first kappa shape index (κ1) is 34.7. The summed E-state index contributed by atoms with van der Waals surface area (Å²) in [5.74, 6) is -0.510. The molecule has 0 aliphatic rings. The van der Waals surface area contributed by atoms with Crippen LogP contribution in [0.5, 0.6) is 5.75 Å². The minimum atomic E-state index is -1.02. The zero-order valence-corrected chi connectivity index (χ0v) is 27.1. The average molecular weight is 582 g/mol. The van der Waals surface area contributed by atoms with E-state index in [4.69, 9.17) is 4.74 Å². The van der Waals surface area contributed by atoms with E-state index in [0.717, 1.165) is 17.5 Å². The van der Waals surface area contributed by atoms with Gasteiger partial charge in [0.25, 0.3) is 5.91 Å². The molecular weight excluding hydrogens is 530 g/mol. The van der Waals surface area contributed by atoms with Crippen molar-refractivity contribution < 1.29 is 24.2 Å². The van der Waals surface area contributed by atoms with Crippen molar-refractivity contribution in [3.8, 4) is 5.75 Å². The van der Waals surface area contributed by atoms with Crippen molar-refractivity contribution in [3.05, 3.63) is 59.2 Å². The number of carbonyl (C=O) groups excluding carboxylic acids is 3. The highest BCUT2D eigenvalue weighted by Gasteiger charge is 2.40. The highest BCUT2D eigenvalue weighted by atomic mass is 16.6. The van der Waals surface area contributed by atoms with Crippen molar-refractivity contribution in [3.63, 3.8) is 0 Å². The Morgan fingerprint density at radius 1 is 0.929 bits per heavy atom. The molecule has 0 radical (unpaired) electrons. The number of carbonyl (C=O) groups is 3. The topological polar surface area (TPSA) is 108 Å². The van der Waals surface area contributed by atoms with E-state index in [9.17, 15) is 19.5 Å². The number of benzene rings is 2. The molecule has 0 spiro atoms. The van der Waals surface area contributed by atoms with Gasteiger partial charge in [-0.1, -0.05) is 64.4 Å². The fourth-order valence-electron chi connectivity index (χ4n) is 4.89. The lowest BCUT2D eigenvalue weighted by Gasteiger charge is -2.40. The SMILES string of the molecule is CCC(C)C(NC(=O)OC(C)(C)C)C(=O)N(C(C)CCC(C)C)C(C(=O)Nc1c(C)cccc1C)c1ccc(O)cc1. The second-order valence-corrected chi connectivity index (χ2v) is 12.8. The first-order valence-corrected chi connectivity index (χ1v) is 15.0. The van der Waals surface area contributed by atoms with Gasteiger partial charge < -0.3 is 25.4 Å². The van der Waals surface area contributed by atoms with Gasteiger partial charge in [-0.2, -0.15) is 0 Å². The van der Waals surface area contributed by atoms with Crippen LogP contribution in [-0.2, 0) is 14.3 Å². The number of anilines is 1. The summed E-state index contributed by atoms with van der Waals surface area (Å²) in [4.78, 5) is 43.4. The molecule has 0 saturated carbocycles. The molecule has 0 heterocycles. The van der Waals surface area contributed by atoms with Crippen LogP contribution in [0.25, 0.3) is 0 Å². The maximum atomic E-state index is 14.6. The first-order chi connectivity index (χ1) is 19.5. The number of rotatable bonds is 12. The molecule has 8 nitrogen and oxygen atoms in total. The van der Waals surface area contributed by atoms with Crippen LogP contribution in [0, 0.1) is 25.7 Å². The number of alkyl carbamates (subject to hydrolysis) is 1. The molecule has 232 valence electrons. The molecule has 42 heavy (non-hydrogen) atoms. The van der Waals surface area contributed by atoms with Crippen molar-refractivity contribution in [2.75, 3.05) is 5.32 Å². The fourth-order valence-corrected chi connectivity index (χ4v) is 4.89. The summed E-state index contributed by atoms with van der Waals surface area (Å²) in [5, 5.41) is 15.9. The van der Waals surface area contributed by atoms with E-state index in [2.05, 4.69) is 24.5 Å². The molecule has 0 bridgehead atoms. The van der Waals surface area contributed by atoms with Crippen LogP contribution in [0.15, 0.2) is 42.5 Å². The predicted octanol–water partition coefficient (Wildman–Crippen LogP) is 7.28. The van der Waals surface area contributed by atoms with Crippen molar-refractivity contribution in [2.24, 2.45) is 11.8 Å². The van der Waals surface area contributed by atoms with E-state index >= 15 is 0 Å². The second-order valence-electron chi connectivity index (χ2n) is 12.8. The molecule has 2 aromatic rings. The molecule has 4 unspecified atom stereocenters. The predicted molar refractivity (Wildman–Crippen MR) is 168 cm³/mol. The summed E-state index contributed by atoms with van der Waals surface area (Å²) < 4.78 is 5.52. The molecule has 0 aromatic heterocycles. The van der Waals surface area contributed by atoms with Gasteiger partial charge in [0.15, 0.2) is 0 Å². The van der Waals surface area contributed by atoms with Gasteiger partial charge in [-0.05, 0) is 95.0 Å². The van der Waals surface area contributed by atoms with Crippen LogP contribution >= 0.6 is 0 Å². The zero-order valence-electron chi connectivity index (χ0n) is 27.1. The standard InChI is InChI=1S/C34H51N3O5/c1-11-22(4)29(36-33(41)42-34(8,9)10)32(40)37(25(7)16-15-21(2)3)30(26-17-19-27(38)20-18-26)31(39)35-28-23(5)13-12-14-24(28)6/h12-14,17-22,25,29-30,38H,11,15-16H2,1-10H3,(H,35,39)(H,36,41). The number of nitrogens with one attached hydrogen (secondary N) is 2. The smallest absolute Gasteiger partial charge is 0.408 e. The molecule has 0 aliphatic heterocycles. The van der Waals surface area contributed by atoms with Crippen LogP contribution in [0.4, 0.5) is 10.5 Å². The first-order valence-electron chi connectivity index (χ1n) is 15.0. The minimum absolute atomic E-state index is 0.0578. The number of phenolic OH excluding ortho intramolecular Hbond substituents is 1. The Bertz CT molecular complexity index is 1180. The van der Waals surface area contributed by atoms with Gasteiger partial charge in [0.2, 0.25) is 5.91 Å². The Morgan fingerprint density at radius 2 is 1.50 bits per heavy atom. The summed E-state index contributed by atoms with van der Waals surface area (Å²) in [7, 11) is 0. The normalized spacial score (nSPS) is 14.5. The molecule has 2 rings (SSSR count). The Kier molecular flexibility index (Phi) is 12.4. The maximum absolute atomic E-state index is 14.6. The third-order valence-electron chi connectivity index (χ3n) is 7.51. The molecule has 8 heteroatoms. The third kappa shape index (κ3) is 9.78. The summed E-state index contributed by atoms with van der Waals surface area (Å²) in [6.45, 7) is 19.2. The summed E-state index contributed by atoms with van der Waals surface area (Å²) in [6.07, 6.45) is 1.45. The third-order valence-corrected chi connectivity index (χ3v) is 7.51. The van der Waals surface area contributed by atoms with Gasteiger partial charge in [0.1, 0.15) is 23.4 Å². The number of para-hydroxylation sites is 1. The van der Waals surface area contributed by atoms with Crippen LogP contribution in [-0.4, -0.2) is 45.6 Å². The zero-order chi connectivity index (χ0) is 31.8. The van der Waals surface area contributed by atoms with Crippen molar-refractivity contribution >= 4 is 23.6 Å². The average Bonchev–Trinajstić information content (AvgIpc) is 2.89. The number of ether oxygens (including phenoxy) is 1. The highest BCUT2D eigenvalue weighted by molar-refractivity contribution is 6.00.